The number of aryl methyl sites for hydroxylation is 1. The molecule has 5 heteroatoms. The monoisotopic (exact) mass is 496 g/mol. The Bertz CT molecular complexity index is 1230. The number of amides is 1. The summed E-state index contributed by atoms with van der Waals surface area (Å²) in [5.41, 5.74) is 10.9. The largest absolute Gasteiger partial charge is 0.370 e. The summed E-state index contributed by atoms with van der Waals surface area (Å²) in [6.45, 7) is 4.81. The van der Waals surface area contributed by atoms with Crippen LogP contribution in [-0.2, 0) is 11.3 Å². The number of anilines is 1. The minimum atomic E-state index is -0.218. The van der Waals surface area contributed by atoms with E-state index in [9.17, 15) is 4.79 Å². The summed E-state index contributed by atoms with van der Waals surface area (Å²) in [6.07, 6.45) is 8.58. The van der Waals surface area contributed by atoms with E-state index < -0.39 is 0 Å². The number of rotatable bonds is 10. The van der Waals surface area contributed by atoms with Gasteiger partial charge in [-0.25, -0.2) is 4.98 Å². The zero-order valence-corrected chi connectivity index (χ0v) is 22.0. The van der Waals surface area contributed by atoms with Gasteiger partial charge in [0.15, 0.2) is 0 Å². The first kappa shape index (κ1) is 24.4. The molecule has 194 valence electrons. The van der Waals surface area contributed by atoms with Crippen molar-refractivity contribution in [2.24, 2.45) is 28.9 Å². The number of benzene rings is 2. The Balaban J connectivity index is 1.12. The minimum Gasteiger partial charge on any atom is -0.370 e. The van der Waals surface area contributed by atoms with E-state index in [1.165, 1.54) is 30.4 Å². The fourth-order valence-electron chi connectivity index (χ4n) is 8.21. The van der Waals surface area contributed by atoms with Crippen molar-refractivity contribution in [2.75, 3.05) is 18.4 Å². The summed E-state index contributed by atoms with van der Waals surface area (Å²) in [5.74, 6) is 2.85. The van der Waals surface area contributed by atoms with Crippen LogP contribution in [0.4, 0.5) is 5.82 Å². The van der Waals surface area contributed by atoms with Gasteiger partial charge in [-0.2, -0.15) is 0 Å². The van der Waals surface area contributed by atoms with Gasteiger partial charge in [-0.05, 0) is 111 Å². The third kappa shape index (κ3) is 4.98. The highest BCUT2D eigenvalue weighted by atomic mass is 16.1. The lowest BCUT2D eigenvalue weighted by atomic mass is 9.45. The Morgan fingerprint density at radius 3 is 2.35 bits per heavy atom. The molecule has 4 aliphatic rings. The van der Waals surface area contributed by atoms with Gasteiger partial charge in [-0.1, -0.05) is 42.0 Å². The molecule has 1 atom stereocenters. The molecule has 4 bridgehead atoms. The Morgan fingerprint density at radius 2 is 1.68 bits per heavy atom. The van der Waals surface area contributed by atoms with Crippen LogP contribution in [0.1, 0.15) is 67.6 Å². The van der Waals surface area contributed by atoms with E-state index in [-0.39, 0.29) is 17.2 Å². The maximum absolute atomic E-state index is 13.0. The molecule has 0 aliphatic heterocycles. The highest BCUT2D eigenvalue weighted by Crippen LogP contribution is 2.64. The Labute approximate surface area is 220 Å². The molecule has 0 saturated heterocycles. The summed E-state index contributed by atoms with van der Waals surface area (Å²) in [6, 6.07) is 19.1. The van der Waals surface area contributed by atoms with Crippen LogP contribution in [-0.4, -0.2) is 24.0 Å². The summed E-state index contributed by atoms with van der Waals surface area (Å²) >= 11 is 0. The summed E-state index contributed by atoms with van der Waals surface area (Å²) in [7, 11) is 0. The molecule has 37 heavy (non-hydrogen) atoms. The second kappa shape index (κ2) is 10.1. The molecule has 4 N–H and O–H groups in total. The topological polar surface area (TPSA) is 80.0 Å². The molecular formula is C32H40N4O. The van der Waals surface area contributed by atoms with Gasteiger partial charge in [0.1, 0.15) is 5.82 Å². The van der Waals surface area contributed by atoms with E-state index in [2.05, 4.69) is 72.2 Å². The van der Waals surface area contributed by atoms with Crippen molar-refractivity contribution in [3.05, 3.63) is 71.3 Å². The first-order valence-corrected chi connectivity index (χ1v) is 14.2. The summed E-state index contributed by atoms with van der Waals surface area (Å²) in [4.78, 5) is 18.0. The van der Waals surface area contributed by atoms with E-state index in [0.717, 1.165) is 85.4 Å². The van der Waals surface area contributed by atoms with Crippen molar-refractivity contribution >= 4 is 22.6 Å². The van der Waals surface area contributed by atoms with E-state index in [0.29, 0.717) is 0 Å². The predicted octanol–water partition coefficient (Wildman–Crippen LogP) is 5.92. The lowest BCUT2D eigenvalue weighted by Crippen LogP contribution is -2.51. The number of carbonyl (C=O) groups excluding carboxylic acids is 1. The minimum absolute atomic E-state index is 0.0391. The highest BCUT2D eigenvalue weighted by Gasteiger charge is 2.56. The molecule has 1 amide bonds. The summed E-state index contributed by atoms with van der Waals surface area (Å²) in [5, 5.41) is 8.07. The predicted molar refractivity (Wildman–Crippen MR) is 150 cm³/mol. The average Bonchev–Trinajstić information content (AvgIpc) is 2.86. The molecule has 1 heterocycles. The van der Waals surface area contributed by atoms with Crippen LogP contribution >= 0.6 is 0 Å². The molecule has 3 aromatic rings. The van der Waals surface area contributed by atoms with E-state index in [4.69, 9.17) is 10.7 Å². The van der Waals surface area contributed by atoms with Crippen LogP contribution < -0.4 is 16.4 Å². The maximum Gasteiger partial charge on any atom is 0.225 e. The smallest absolute Gasteiger partial charge is 0.225 e. The first-order valence-electron chi connectivity index (χ1n) is 14.2. The molecule has 7 rings (SSSR count). The number of nitrogens with zero attached hydrogens (tertiary/aromatic N) is 1. The Kier molecular flexibility index (Phi) is 6.66. The van der Waals surface area contributed by atoms with Crippen LogP contribution in [0, 0.1) is 30.1 Å². The molecule has 0 radical (unpaired) electrons. The zero-order valence-electron chi connectivity index (χ0n) is 22.0. The maximum atomic E-state index is 13.0. The Morgan fingerprint density at radius 1 is 0.973 bits per heavy atom. The van der Waals surface area contributed by atoms with Crippen LogP contribution in [0.5, 0.6) is 0 Å². The number of aromatic nitrogens is 1. The van der Waals surface area contributed by atoms with E-state index >= 15 is 0 Å². The number of nitrogens with two attached hydrogens (primary N) is 1. The van der Waals surface area contributed by atoms with Crippen molar-refractivity contribution in [3.8, 4) is 0 Å². The molecule has 4 saturated carbocycles. The molecule has 0 spiro atoms. The van der Waals surface area contributed by atoms with Gasteiger partial charge in [0.2, 0.25) is 5.91 Å². The van der Waals surface area contributed by atoms with Gasteiger partial charge in [0.25, 0.3) is 0 Å². The van der Waals surface area contributed by atoms with Gasteiger partial charge >= 0.3 is 0 Å². The fraction of sp³-hybridized carbons (Fsp3) is 0.500. The average molecular weight is 497 g/mol. The van der Waals surface area contributed by atoms with Gasteiger partial charge in [0.05, 0.1) is 11.4 Å². The molecule has 4 aliphatic carbocycles. The van der Waals surface area contributed by atoms with Gasteiger partial charge in [0, 0.05) is 18.5 Å². The van der Waals surface area contributed by atoms with Crippen LogP contribution in [0.3, 0.4) is 0 Å². The van der Waals surface area contributed by atoms with E-state index in [1.54, 1.807) is 0 Å². The van der Waals surface area contributed by atoms with Gasteiger partial charge in [-0.15, -0.1) is 0 Å². The normalized spacial score (nSPS) is 26.9. The number of hydrogen-bond donors (Lipinski definition) is 3. The standard InChI is InChI=1S/C32H40N4O/c1-21-6-8-22(9-7-21)20-34-12-3-13-35-29-11-10-26-27(4-2-5-28(26)36-29)30(31(33)37)32-17-23-14-24(18-32)16-25(15-23)19-32/h2,4-11,23-25,30,34H,3,12-20H2,1H3,(H2,33,37)(H,35,36). The van der Waals surface area contributed by atoms with Gasteiger partial charge in [-0.3, -0.25) is 4.79 Å². The van der Waals surface area contributed by atoms with Crippen LogP contribution in [0.15, 0.2) is 54.6 Å². The lowest BCUT2D eigenvalue weighted by molar-refractivity contribution is -0.130. The van der Waals surface area contributed by atoms with Crippen molar-refractivity contribution in [3.63, 3.8) is 0 Å². The van der Waals surface area contributed by atoms with Crippen molar-refractivity contribution in [1.29, 1.82) is 0 Å². The number of primary amides is 1. The van der Waals surface area contributed by atoms with E-state index in [1.807, 2.05) is 0 Å². The van der Waals surface area contributed by atoms with Crippen LogP contribution in [0.2, 0.25) is 0 Å². The molecular weight excluding hydrogens is 456 g/mol. The van der Waals surface area contributed by atoms with Crippen molar-refractivity contribution in [2.45, 2.75) is 64.3 Å². The zero-order chi connectivity index (χ0) is 25.4. The number of pyridine rings is 1. The van der Waals surface area contributed by atoms with Crippen LogP contribution in [0.25, 0.3) is 10.9 Å². The number of fused-ring (bicyclic) bond motifs is 1. The highest BCUT2D eigenvalue weighted by molar-refractivity contribution is 5.92. The molecule has 2 aromatic carbocycles. The number of carbonyl (C=O) groups is 1. The molecule has 5 nitrogen and oxygen atoms in total. The third-order valence-corrected chi connectivity index (χ3v) is 9.35. The fourth-order valence-corrected chi connectivity index (χ4v) is 8.21. The third-order valence-electron chi connectivity index (χ3n) is 9.35. The second-order valence-corrected chi connectivity index (χ2v) is 12.2. The van der Waals surface area contributed by atoms with Crippen molar-refractivity contribution < 1.29 is 4.79 Å². The second-order valence-electron chi connectivity index (χ2n) is 12.2. The number of nitrogens with one attached hydrogen (secondary N) is 2. The Hall–Kier alpha value is -2.92. The number of hydrogen-bond acceptors (Lipinski definition) is 4. The first-order chi connectivity index (χ1) is 18.0. The SMILES string of the molecule is Cc1ccc(CNCCCNc2ccc3c(C(C(N)=O)C45CC6CC(CC(C6)C4)C5)cccc3n2)cc1. The van der Waals surface area contributed by atoms with Gasteiger partial charge < -0.3 is 16.4 Å². The molecule has 4 fully saturated rings. The molecule has 1 unspecified atom stereocenters. The van der Waals surface area contributed by atoms with Crippen molar-refractivity contribution in [1.82, 2.24) is 10.3 Å². The molecule has 1 aromatic heterocycles. The summed E-state index contributed by atoms with van der Waals surface area (Å²) < 4.78 is 0. The lowest BCUT2D eigenvalue weighted by Gasteiger charge is -2.59. The quantitative estimate of drug-likeness (QED) is 0.304.